The summed E-state index contributed by atoms with van der Waals surface area (Å²) in [6.07, 6.45) is 9.18. The molecule has 0 aromatic carbocycles. The largest absolute Gasteiger partial charge is 0.481 e. The number of unbranched alkanes of at least 4 members (excludes halogenated alkanes) is 4. The Morgan fingerprint density at radius 1 is 1.12 bits per heavy atom. The molecule has 0 saturated carbocycles. The molecule has 0 aliphatic rings. The summed E-state index contributed by atoms with van der Waals surface area (Å²) in [5.41, 5.74) is 0. The van der Waals surface area contributed by atoms with Crippen molar-refractivity contribution in [2.45, 2.75) is 58.3 Å². The van der Waals surface area contributed by atoms with Crippen molar-refractivity contribution in [3.05, 3.63) is 12.3 Å². The molecular weight excluding hydrogens is 220 g/mol. The van der Waals surface area contributed by atoms with E-state index >= 15 is 0 Å². The van der Waals surface area contributed by atoms with E-state index in [1.807, 2.05) is 6.08 Å². The van der Waals surface area contributed by atoms with Crippen LogP contribution in [0.1, 0.15) is 58.3 Å². The summed E-state index contributed by atoms with van der Waals surface area (Å²) < 4.78 is 4.86. The second kappa shape index (κ2) is 11.2. The SMILES string of the molecule is CCCCCC=COC(=O)CCCCC(=O)O. The van der Waals surface area contributed by atoms with Crippen LogP contribution in [0.5, 0.6) is 0 Å². The summed E-state index contributed by atoms with van der Waals surface area (Å²) in [6, 6.07) is 0. The first-order valence-corrected chi connectivity index (χ1v) is 6.23. The molecule has 0 aromatic heterocycles. The van der Waals surface area contributed by atoms with E-state index in [1.165, 1.54) is 19.1 Å². The Morgan fingerprint density at radius 3 is 2.47 bits per heavy atom. The minimum atomic E-state index is -0.825. The highest BCUT2D eigenvalue weighted by Gasteiger charge is 2.02. The van der Waals surface area contributed by atoms with Crippen molar-refractivity contribution >= 4 is 11.9 Å². The predicted molar refractivity (Wildman–Crippen MR) is 65.5 cm³/mol. The van der Waals surface area contributed by atoms with Crippen LogP contribution >= 0.6 is 0 Å². The van der Waals surface area contributed by atoms with Crippen molar-refractivity contribution in [2.75, 3.05) is 0 Å². The number of rotatable bonds is 10. The van der Waals surface area contributed by atoms with E-state index in [0.29, 0.717) is 12.8 Å². The third-order valence-electron chi connectivity index (χ3n) is 2.29. The Labute approximate surface area is 103 Å². The lowest BCUT2D eigenvalue weighted by molar-refractivity contribution is -0.139. The van der Waals surface area contributed by atoms with Gasteiger partial charge in [-0.25, -0.2) is 0 Å². The van der Waals surface area contributed by atoms with Crippen LogP contribution in [0, 0.1) is 0 Å². The Morgan fingerprint density at radius 2 is 1.82 bits per heavy atom. The number of carbonyl (C=O) groups excluding carboxylic acids is 1. The molecule has 0 rings (SSSR count). The normalized spacial score (nSPS) is 10.6. The maximum atomic E-state index is 11.2. The Balaban J connectivity index is 3.36. The van der Waals surface area contributed by atoms with E-state index in [0.717, 1.165) is 12.8 Å². The second-order valence-electron chi connectivity index (χ2n) is 3.96. The van der Waals surface area contributed by atoms with Crippen molar-refractivity contribution in [1.82, 2.24) is 0 Å². The third kappa shape index (κ3) is 12.6. The number of esters is 1. The maximum Gasteiger partial charge on any atom is 0.310 e. The van der Waals surface area contributed by atoms with Gasteiger partial charge in [-0.1, -0.05) is 19.8 Å². The minimum absolute atomic E-state index is 0.111. The summed E-state index contributed by atoms with van der Waals surface area (Å²) in [4.78, 5) is 21.4. The number of allylic oxidation sites excluding steroid dienone is 1. The lowest BCUT2D eigenvalue weighted by atomic mass is 10.2. The molecule has 4 heteroatoms. The van der Waals surface area contributed by atoms with Crippen molar-refractivity contribution in [2.24, 2.45) is 0 Å². The van der Waals surface area contributed by atoms with Crippen molar-refractivity contribution in [3.63, 3.8) is 0 Å². The average Bonchev–Trinajstić information content (AvgIpc) is 2.29. The van der Waals surface area contributed by atoms with Gasteiger partial charge in [-0.15, -0.1) is 0 Å². The number of aliphatic carboxylic acids is 1. The predicted octanol–water partition coefficient (Wildman–Crippen LogP) is 3.27. The number of ether oxygens (including phenoxy) is 1. The average molecular weight is 242 g/mol. The highest BCUT2D eigenvalue weighted by molar-refractivity contribution is 5.70. The van der Waals surface area contributed by atoms with Gasteiger partial charge in [0.05, 0.1) is 6.26 Å². The summed E-state index contributed by atoms with van der Waals surface area (Å²) in [7, 11) is 0. The number of hydrogen-bond acceptors (Lipinski definition) is 3. The van der Waals surface area contributed by atoms with Crippen LogP contribution in [0.15, 0.2) is 12.3 Å². The minimum Gasteiger partial charge on any atom is -0.481 e. The molecule has 4 nitrogen and oxygen atoms in total. The molecule has 0 bridgehead atoms. The van der Waals surface area contributed by atoms with E-state index in [2.05, 4.69) is 6.92 Å². The lowest BCUT2D eigenvalue weighted by Crippen LogP contribution is -2.00. The lowest BCUT2D eigenvalue weighted by Gasteiger charge is -1.98. The maximum absolute atomic E-state index is 11.2. The molecule has 0 aromatic rings. The number of carboxylic acid groups (broad SMARTS) is 1. The summed E-state index contributed by atoms with van der Waals surface area (Å²) in [5, 5.41) is 8.40. The van der Waals surface area contributed by atoms with E-state index in [1.54, 1.807) is 0 Å². The van der Waals surface area contributed by atoms with Crippen LogP contribution in [-0.4, -0.2) is 17.0 Å². The fraction of sp³-hybridized carbons (Fsp3) is 0.692. The van der Waals surface area contributed by atoms with Gasteiger partial charge in [0.25, 0.3) is 0 Å². The number of hydrogen-bond donors (Lipinski definition) is 1. The zero-order valence-electron chi connectivity index (χ0n) is 10.5. The van der Waals surface area contributed by atoms with Gasteiger partial charge in [0.2, 0.25) is 0 Å². The van der Waals surface area contributed by atoms with Gasteiger partial charge in [-0.2, -0.15) is 0 Å². The number of carboxylic acids is 1. The zero-order chi connectivity index (χ0) is 12.9. The van der Waals surface area contributed by atoms with E-state index < -0.39 is 5.97 Å². The first kappa shape index (κ1) is 15.7. The Bertz CT molecular complexity index is 246. The molecule has 0 saturated heterocycles. The number of carbonyl (C=O) groups is 2. The molecule has 98 valence electrons. The van der Waals surface area contributed by atoms with Gasteiger partial charge in [0, 0.05) is 12.8 Å². The molecule has 0 aliphatic heterocycles. The summed E-state index contributed by atoms with van der Waals surface area (Å²) in [6.45, 7) is 2.14. The molecule has 0 radical (unpaired) electrons. The van der Waals surface area contributed by atoms with Crippen LogP contribution in [0.3, 0.4) is 0 Å². The van der Waals surface area contributed by atoms with Gasteiger partial charge in [-0.3, -0.25) is 9.59 Å². The smallest absolute Gasteiger partial charge is 0.310 e. The monoisotopic (exact) mass is 242 g/mol. The zero-order valence-corrected chi connectivity index (χ0v) is 10.5. The summed E-state index contributed by atoms with van der Waals surface area (Å²) in [5.74, 6) is -1.11. The molecule has 0 spiro atoms. The van der Waals surface area contributed by atoms with Gasteiger partial charge >= 0.3 is 11.9 Å². The van der Waals surface area contributed by atoms with Crippen LogP contribution in [0.2, 0.25) is 0 Å². The first-order chi connectivity index (χ1) is 8.16. The third-order valence-corrected chi connectivity index (χ3v) is 2.29. The Kier molecular flexibility index (Phi) is 10.3. The molecule has 17 heavy (non-hydrogen) atoms. The standard InChI is InChI=1S/C13H22O4/c1-2-3-4-5-8-11-17-13(16)10-7-6-9-12(14)15/h8,11H,2-7,9-10H2,1H3,(H,14,15). The molecule has 0 fully saturated rings. The highest BCUT2D eigenvalue weighted by atomic mass is 16.5. The van der Waals surface area contributed by atoms with Gasteiger partial charge in [0.15, 0.2) is 0 Å². The van der Waals surface area contributed by atoms with E-state index in [-0.39, 0.29) is 18.8 Å². The van der Waals surface area contributed by atoms with Crippen LogP contribution in [0.4, 0.5) is 0 Å². The van der Waals surface area contributed by atoms with Crippen molar-refractivity contribution < 1.29 is 19.4 Å². The molecule has 0 aliphatic carbocycles. The first-order valence-electron chi connectivity index (χ1n) is 6.23. The van der Waals surface area contributed by atoms with Crippen LogP contribution in [0.25, 0.3) is 0 Å². The second-order valence-corrected chi connectivity index (χ2v) is 3.96. The quantitative estimate of drug-likeness (QED) is 0.363. The van der Waals surface area contributed by atoms with E-state index in [9.17, 15) is 9.59 Å². The van der Waals surface area contributed by atoms with E-state index in [4.69, 9.17) is 9.84 Å². The molecule has 0 unspecified atom stereocenters. The fourth-order valence-corrected chi connectivity index (χ4v) is 1.31. The van der Waals surface area contributed by atoms with Gasteiger partial charge in [0.1, 0.15) is 0 Å². The van der Waals surface area contributed by atoms with Crippen molar-refractivity contribution in [1.29, 1.82) is 0 Å². The van der Waals surface area contributed by atoms with Gasteiger partial charge in [-0.05, 0) is 31.8 Å². The molecule has 0 atom stereocenters. The Hall–Kier alpha value is -1.32. The fourth-order valence-electron chi connectivity index (χ4n) is 1.31. The topological polar surface area (TPSA) is 63.6 Å². The van der Waals surface area contributed by atoms with Gasteiger partial charge < -0.3 is 9.84 Å². The summed E-state index contributed by atoms with van der Waals surface area (Å²) >= 11 is 0. The molecule has 1 N–H and O–H groups in total. The van der Waals surface area contributed by atoms with Crippen LogP contribution in [-0.2, 0) is 14.3 Å². The molecule has 0 heterocycles. The van der Waals surface area contributed by atoms with Crippen LogP contribution < -0.4 is 0 Å². The molecule has 0 amide bonds. The molecular formula is C13H22O4. The highest BCUT2D eigenvalue weighted by Crippen LogP contribution is 2.03. The van der Waals surface area contributed by atoms with Crippen molar-refractivity contribution in [3.8, 4) is 0 Å².